The van der Waals surface area contributed by atoms with Gasteiger partial charge < -0.3 is 0 Å². The Hall–Kier alpha value is -2.73. The maximum absolute atomic E-state index is 12.6. The van der Waals surface area contributed by atoms with Gasteiger partial charge in [-0.05, 0) is 57.0 Å². The number of benzene rings is 1. The van der Waals surface area contributed by atoms with Crippen molar-refractivity contribution in [3.8, 4) is 0 Å². The maximum atomic E-state index is 12.6. The minimum absolute atomic E-state index is 0.308. The highest BCUT2D eigenvalue weighted by Gasteiger charge is 2.15. The van der Waals surface area contributed by atoms with Gasteiger partial charge in [0.15, 0.2) is 0 Å². The average Bonchev–Trinajstić information content (AvgIpc) is 3.00. The molecule has 0 saturated heterocycles. The number of pyridine rings is 1. The highest BCUT2D eigenvalue weighted by atomic mass is 32.1. The summed E-state index contributed by atoms with van der Waals surface area (Å²) < 4.78 is 0. The molecule has 3 aromatic rings. The van der Waals surface area contributed by atoms with Crippen LogP contribution in [-0.4, -0.2) is 16.8 Å². The fraction of sp³-hybridized carbons (Fsp3) is 0.250. The van der Waals surface area contributed by atoms with Crippen molar-refractivity contribution in [2.45, 2.75) is 34.1 Å². The largest absolute Gasteiger partial charge is 0.279 e. The molecular formula is C20H21N3O2S. The van der Waals surface area contributed by atoms with E-state index in [1.165, 1.54) is 16.2 Å². The molecule has 0 bridgehead atoms. The van der Waals surface area contributed by atoms with Crippen molar-refractivity contribution in [1.82, 2.24) is 15.8 Å². The van der Waals surface area contributed by atoms with Crippen LogP contribution >= 0.6 is 11.3 Å². The zero-order valence-electron chi connectivity index (χ0n) is 15.3. The van der Waals surface area contributed by atoms with E-state index in [0.717, 1.165) is 34.1 Å². The van der Waals surface area contributed by atoms with Crippen molar-refractivity contribution in [1.29, 1.82) is 0 Å². The Morgan fingerprint density at radius 2 is 1.77 bits per heavy atom. The van der Waals surface area contributed by atoms with Gasteiger partial charge in [-0.25, -0.2) is 0 Å². The lowest BCUT2D eigenvalue weighted by atomic mass is 10.0. The summed E-state index contributed by atoms with van der Waals surface area (Å²) in [5, 5.41) is 0.766. The van der Waals surface area contributed by atoms with E-state index in [9.17, 15) is 9.59 Å². The molecule has 0 aliphatic rings. The summed E-state index contributed by atoms with van der Waals surface area (Å²) in [5.74, 6) is -0.666. The number of carbonyl (C=O) groups excluding carboxylic acids is 2. The minimum Gasteiger partial charge on any atom is -0.267 e. The van der Waals surface area contributed by atoms with Gasteiger partial charge in [-0.2, -0.15) is 0 Å². The fourth-order valence-electron chi connectivity index (χ4n) is 2.89. The zero-order chi connectivity index (χ0) is 18.8. The topological polar surface area (TPSA) is 71.1 Å². The molecule has 0 atom stereocenters. The van der Waals surface area contributed by atoms with Crippen LogP contribution < -0.4 is 10.9 Å². The van der Waals surface area contributed by atoms with E-state index < -0.39 is 0 Å². The summed E-state index contributed by atoms with van der Waals surface area (Å²) in [6.45, 7) is 7.85. The van der Waals surface area contributed by atoms with Crippen LogP contribution in [0.4, 0.5) is 0 Å². The molecule has 26 heavy (non-hydrogen) atoms. The predicted octanol–water partition coefficient (Wildman–Crippen LogP) is 3.86. The predicted molar refractivity (Wildman–Crippen MR) is 105 cm³/mol. The van der Waals surface area contributed by atoms with E-state index in [1.807, 2.05) is 45.0 Å². The second-order valence-electron chi connectivity index (χ2n) is 6.31. The number of fused-ring (bicyclic) bond motifs is 1. The van der Waals surface area contributed by atoms with Crippen LogP contribution in [0, 0.1) is 20.8 Å². The van der Waals surface area contributed by atoms with E-state index in [-0.39, 0.29) is 11.8 Å². The molecule has 6 heteroatoms. The van der Waals surface area contributed by atoms with Gasteiger partial charge in [-0.15, -0.1) is 11.3 Å². The van der Waals surface area contributed by atoms with Crippen LogP contribution in [-0.2, 0) is 6.42 Å². The summed E-state index contributed by atoms with van der Waals surface area (Å²) in [5.41, 5.74) is 9.18. The minimum atomic E-state index is -0.358. The lowest BCUT2D eigenvalue weighted by molar-refractivity contribution is 0.0849. The SMILES string of the molecule is CCc1sc(C(=O)NNC(=O)c2cc(C)nc3ccc(C)cc23)cc1C. The van der Waals surface area contributed by atoms with Crippen molar-refractivity contribution < 1.29 is 9.59 Å². The standard InChI is InChI=1S/C20H21N3O2S/c1-5-17-12(3)9-18(26-17)20(25)23-22-19(24)15-10-13(4)21-16-7-6-11(2)8-14(15)16/h6-10H,5H2,1-4H3,(H,22,24)(H,23,25). The molecule has 3 rings (SSSR count). The molecule has 0 aliphatic carbocycles. The van der Waals surface area contributed by atoms with Crippen molar-refractivity contribution in [2.24, 2.45) is 0 Å². The molecule has 0 spiro atoms. The van der Waals surface area contributed by atoms with Crippen LogP contribution in [0.25, 0.3) is 10.9 Å². The summed E-state index contributed by atoms with van der Waals surface area (Å²) in [6.07, 6.45) is 0.887. The molecule has 2 N–H and O–H groups in total. The van der Waals surface area contributed by atoms with Crippen molar-refractivity contribution in [3.63, 3.8) is 0 Å². The molecule has 2 aromatic heterocycles. The first-order valence-corrected chi connectivity index (χ1v) is 9.28. The highest BCUT2D eigenvalue weighted by Crippen LogP contribution is 2.22. The Labute approximate surface area is 156 Å². The van der Waals surface area contributed by atoms with Crippen LogP contribution in [0.1, 0.15) is 48.7 Å². The first kappa shape index (κ1) is 18.1. The van der Waals surface area contributed by atoms with Crippen LogP contribution in [0.15, 0.2) is 30.3 Å². The number of hydrogen-bond acceptors (Lipinski definition) is 4. The molecule has 2 amide bonds. The number of rotatable bonds is 3. The van der Waals surface area contributed by atoms with Gasteiger partial charge in [-0.3, -0.25) is 25.4 Å². The number of hydrogen-bond donors (Lipinski definition) is 2. The molecule has 1 aromatic carbocycles. The van der Waals surface area contributed by atoms with Gasteiger partial charge in [0.2, 0.25) is 0 Å². The average molecular weight is 367 g/mol. The number of nitrogens with zero attached hydrogens (tertiary/aromatic N) is 1. The number of aryl methyl sites for hydroxylation is 4. The second-order valence-corrected chi connectivity index (χ2v) is 7.45. The van der Waals surface area contributed by atoms with Crippen LogP contribution in [0.5, 0.6) is 0 Å². The molecule has 0 saturated carbocycles. The van der Waals surface area contributed by atoms with E-state index >= 15 is 0 Å². The molecule has 0 unspecified atom stereocenters. The van der Waals surface area contributed by atoms with Gasteiger partial charge in [0.05, 0.1) is 16.0 Å². The lowest BCUT2D eigenvalue weighted by Gasteiger charge is -2.10. The zero-order valence-corrected chi connectivity index (χ0v) is 16.1. The first-order valence-electron chi connectivity index (χ1n) is 8.47. The third-order valence-electron chi connectivity index (χ3n) is 4.19. The van der Waals surface area contributed by atoms with Gasteiger partial charge >= 0.3 is 0 Å². The number of carbonyl (C=O) groups is 2. The number of thiophene rings is 1. The Morgan fingerprint density at radius 3 is 2.46 bits per heavy atom. The number of nitrogens with one attached hydrogen (secondary N) is 2. The quantitative estimate of drug-likeness (QED) is 0.691. The van der Waals surface area contributed by atoms with Crippen LogP contribution in [0.2, 0.25) is 0 Å². The van der Waals surface area contributed by atoms with E-state index in [1.54, 1.807) is 6.07 Å². The van der Waals surface area contributed by atoms with Gasteiger partial charge in [0, 0.05) is 16.0 Å². The van der Waals surface area contributed by atoms with E-state index in [4.69, 9.17) is 0 Å². The van der Waals surface area contributed by atoms with Crippen molar-refractivity contribution in [2.75, 3.05) is 0 Å². The normalized spacial score (nSPS) is 10.8. The van der Waals surface area contributed by atoms with E-state index in [0.29, 0.717) is 10.4 Å². The summed E-state index contributed by atoms with van der Waals surface area (Å²) in [7, 11) is 0. The van der Waals surface area contributed by atoms with Gasteiger partial charge in [-0.1, -0.05) is 18.6 Å². The third-order valence-corrected chi connectivity index (χ3v) is 5.57. The second kappa shape index (κ2) is 7.25. The molecule has 0 fully saturated rings. The highest BCUT2D eigenvalue weighted by molar-refractivity contribution is 7.14. The number of hydrazine groups is 1. The van der Waals surface area contributed by atoms with Crippen LogP contribution in [0.3, 0.4) is 0 Å². The van der Waals surface area contributed by atoms with Crippen molar-refractivity contribution >= 4 is 34.1 Å². The van der Waals surface area contributed by atoms with E-state index in [2.05, 4.69) is 22.8 Å². The maximum Gasteiger partial charge on any atom is 0.279 e. The Bertz CT molecular complexity index is 1010. The van der Waals surface area contributed by atoms with Gasteiger partial charge in [0.25, 0.3) is 11.8 Å². The third kappa shape index (κ3) is 3.60. The molecule has 5 nitrogen and oxygen atoms in total. The number of amides is 2. The van der Waals surface area contributed by atoms with Crippen molar-refractivity contribution in [3.05, 3.63) is 62.5 Å². The Balaban J connectivity index is 1.81. The summed E-state index contributed by atoms with van der Waals surface area (Å²) in [6, 6.07) is 9.36. The summed E-state index contributed by atoms with van der Waals surface area (Å²) >= 11 is 1.45. The molecular weight excluding hydrogens is 346 g/mol. The Kier molecular flexibility index (Phi) is 5.04. The number of aromatic nitrogens is 1. The smallest absolute Gasteiger partial charge is 0.267 e. The fourth-order valence-corrected chi connectivity index (χ4v) is 3.89. The lowest BCUT2D eigenvalue weighted by Crippen LogP contribution is -2.41. The Morgan fingerprint density at radius 1 is 1.04 bits per heavy atom. The molecule has 2 heterocycles. The van der Waals surface area contributed by atoms with Gasteiger partial charge in [0.1, 0.15) is 0 Å². The molecule has 0 radical (unpaired) electrons. The summed E-state index contributed by atoms with van der Waals surface area (Å²) in [4.78, 5) is 31.2. The molecule has 0 aliphatic heterocycles. The first-order chi connectivity index (χ1) is 12.4. The monoisotopic (exact) mass is 367 g/mol. The molecule has 134 valence electrons.